The highest BCUT2D eigenvalue weighted by Gasteiger charge is 2.26. The number of carbonyl (C=O) groups is 1. The second kappa shape index (κ2) is 8.13. The van der Waals surface area contributed by atoms with Crippen molar-refractivity contribution < 1.29 is 23.1 Å². The molecule has 2 rings (SSSR count). The van der Waals surface area contributed by atoms with E-state index in [-0.39, 0.29) is 11.3 Å². The molecule has 0 aromatic heterocycles. The van der Waals surface area contributed by atoms with Crippen molar-refractivity contribution in [2.24, 2.45) is 0 Å². The van der Waals surface area contributed by atoms with Gasteiger partial charge in [0.15, 0.2) is 0 Å². The second-order valence-corrected chi connectivity index (χ2v) is 7.28. The van der Waals surface area contributed by atoms with Crippen molar-refractivity contribution >= 4 is 16.0 Å². The second-order valence-electron chi connectivity index (χ2n) is 5.56. The molecule has 2 aromatic rings. The highest BCUT2D eigenvalue weighted by molar-refractivity contribution is 7.89. The molecule has 1 atom stereocenters. The number of aliphatic carboxylic acids is 1. The number of ether oxygens (including phenoxy) is 1. The smallest absolute Gasteiger partial charge is 0.322 e. The molecule has 0 unspecified atom stereocenters. The highest BCUT2D eigenvalue weighted by Crippen LogP contribution is 2.22. The minimum absolute atomic E-state index is 0.00719. The molecule has 6 nitrogen and oxygen atoms in total. The van der Waals surface area contributed by atoms with Crippen molar-refractivity contribution in [3.8, 4) is 5.75 Å². The first-order chi connectivity index (χ1) is 11.8. The Morgan fingerprint density at radius 3 is 2.44 bits per heavy atom. The van der Waals surface area contributed by atoms with Crippen LogP contribution in [-0.2, 0) is 21.2 Å². The van der Waals surface area contributed by atoms with Gasteiger partial charge in [-0.2, -0.15) is 4.72 Å². The van der Waals surface area contributed by atoms with E-state index in [1.165, 1.54) is 12.1 Å². The average molecular weight is 363 g/mol. The number of carboxylic acids is 1. The lowest BCUT2D eigenvalue weighted by atomic mass is 10.1. The van der Waals surface area contributed by atoms with Gasteiger partial charge < -0.3 is 9.84 Å². The fourth-order valence-electron chi connectivity index (χ4n) is 2.39. The van der Waals surface area contributed by atoms with Gasteiger partial charge in [0.05, 0.1) is 11.5 Å². The monoisotopic (exact) mass is 363 g/mol. The Bertz CT molecular complexity index is 834. The van der Waals surface area contributed by atoms with Crippen LogP contribution in [0.4, 0.5) is 0 Å². The summed E-state index contributed by atoms with van der Waals surface area (Å²) >= 11 is 0. The third-order valence-electron chi connectivity index (χ3n) is 3.63. The number of sulfonamides is 1. The quantitative estimate of drug-likeness (QED) is 0.751. The molecular formula is C18H21NO5S. The Hall–Kier alpha value is -2.38. The molecule has 0 heterocycles. The lowest BCUT2D eigenvalue weighted by molar-refractivity contribution is -0.138. The van der Waals surface area contributed by atoms with Crippen LogP contribution >= 0.6 is 0 Å². The van der Waals surface area contributed by atoms with E-state index >= 15 is 0 Å². The lowest BCUT2D eigenvalue weighted by Crippen LogP contribution is -2.42. The van der Waals surface area contributed by atoms with Gasteiger partial charge in [0.25, 0.3) is 0 Å². The molecular weight excluding hydrogens is 342 g/mol. The van der Waals surface area contributed by atoms with Crippen molar-refractivity contribution in [3.05, 3.63) is 59.7 Å². The molecule has 7 heteroatoms. The van der Waals surface area contributed by atoms with E-state index in [2.05, 4.69) is 4.72 Å². The number of aryl methyl sites for hydroxylation is 1. The topological polar surface area (TPSA) is 92.7 Å². The largest absolute Gasteiger partial charge is 0.494 e. The minimum atomic E-state index is -3.97. The third kappa shape index (κ3) is 5.04. The van der Waals surface area contributed by atoms with Crippen LogP contribution in [0.25, 0.3) is 0 Å². The first kappa shape index (κ1) is 19.0. The fraction of sp³-hybridized carbons (Fsp3) is 0.278. The maximum Gasteiger partial charge on any atom is 0.322 e. The van der Waals surface area contributed by atoms with Gasteiger partial charge in [0, 0.05) is 0 Å². The van der Waals surface area contributed by atoms with Gasteiger partial charge in [-0.3, -0.25) is 4.79 Å². The van der Waals surface area contributed by atoms with Crippen LogP contribution in [0, 0.1) is 6.92 Å². The maximum atomic E-state index is 12.5. The molecule has 0 bridgehead atoms. The number of hydrogen-bond donors (Lipinski definition) is 2. The van der Waals surface area contributed by atoms with Gasteiger partial charge in [-0.15, -0.1) is 0 Å². The molecule has 2 N–H and O–H groups in total. The summed E-state index contributed by atoms with van der Waals surface area (Å²) in [5.41, 5.74) is 1.40. The van der Waals surface area contributed by atoms with E-state index in [4.69, 9.17) is 4.74 Å². The zero-order valence-electron chi connectivity index (χ0n) is 14.1. The highest BCUT2D eigenvalue weighted by atomic mass is 32.2. The summed E-state index contributed by atoms with van der Waals surface area (Å²) in [7, 11) is -3.97. The normalized spacial score (nSPS) is 12.6. The summed E-state index contributed by atoms with van der Waals surface area (Å²) in [6.07, 6.45) is 0.0609. The molecule has 0 aliphatic heterocycles. The van der Waals surface area contributed by atoms with Crippen molar-refractivity contribution in [2.75, 3.05) is 6.61 Å². The summed E-state index contributed by atoms with van der Waals surface area (Å²) in [6.45, 7) is 4.05. The number of nitrogens with one attached hydrogen (secondary N) is 1. The SMILES string of the molecule is CCOc1ccc(S(=O)(=O)N[C@H](Cc2ccccc2)C(=O)O)cc1C. The minimum Gasteiger partial charge on any atom is -0.494 e. The molecule has 0 radical (unpaired) electrons. The summed E-state index contributed by atoms with van der Waals surface area (Å²) in [5, 5.41) is 9.37. The zero-order chi connectivity index (χ0) is 18.4. The summed E-state index contributed by atoms with van der Waals surface area (Å²) < 4.78 is 32.7. The number of rotatable bonds is 8. The van der Waals surface area contributed by atoms with Crippen LogP contribution < -0.4 is 9.46 Å². The van der Waals surface area contributed by atoms with Gasteiger partial charge in [0.1, 0.15) is 11.8 Å². The maximum absolute atomic E-state index is 12.5. The Labute approximate surface area is 147 Å². The van der Waals surface area contributed by atoms with Crippen LogP contribution in [-0.4, -0.2) is 32.1 Å². The van der Waals surface area contributed by atoms with Crippen LogP contribution in [0.1, 0.15) is 18.1 Å². The Morgan fingerprint density at radius 1 is 1.20 bits per heavy atom. The molecule has 0 spiro atoms. The van der Waals surface area contributed by atoms with Gasteiger partial charge in [-0.1, -0.05) is 30.3 Å². The lowest BCUT2D eigenvalue weighted by Gasteiger charge is -2.16. The average Bonchev–Trinajstić information content (AvgIpc) is 2.57. The Morgan fingerprint density at radius 2 is 1.88 bits per heavy atom. The first-order valence-electron chi connectivity index (χ1n) is 7.86. The van der Waals surface area contributed by atoms with E-state index in [0.717, 1.165) is 5.56 Å². The van der Waals surface area contributed by atoms with Gasteiger partial charge in [0.2, 0.25) is 10.0 Å². The molecule has 25 heavy (non-hydrogen) atoms. The van der Waals surface area contributed by atoms with E-state index in [0.29, 0.717) is 17.9 Å². The summed E-state index contributed by atoms with van der Waals surface area (Å²) in [4.78, 5) is 11.5. The van der Waals surface area contributed by atoms with E-state index in [1.54, 1.807) is 37.3 Å². The van der Waals surface area contributed by atoms with Crippen molar-refractivity contribution in [1.82, 2.24) is 4.72 Å². The van der Waals surface area contributed by atoms with Gasteiger partial charge in [-0.05, 0) is 49.6 Å². The van der Waals surface area contributed by atoms with E-state index in [9.17, 15) is 18.3 Å². The van der Waals surface area contributed by atoms with Crippen LogP contribution in [0.15, 0.2) is 53.4 Å². The molecule has 2 aromatic carbocycles. The predicted molar refractivity (Wildman–Crippen MR) is 94.2 cm³/mol. The molecule has 0 aliphatic rings. The van der Waals surface area contributed by atoms with Gasteiger partial charge in [-0.25, -0.2) is 8.42 Å². The number of hydrogen-bond acceptors (Lipinski definition) is 4. The zero-order valence-corrected chi connectivity index (χ0v) is 14.9. The van der Waals surface area contributed by atoms with E-state index < -0.39 is 22.0 Å². The fourth-order valence-corrected chi connectivity index (χ4v) is 3.66. The van der Waals surface area contributed by atoms with Crippen LogP contribution in [0.2, 0.25) is 0 Å². The van der Waals surface area contributed by atoms with Crippen molar-refractivity contribution in [3.63, 3.8) is 0 Å². The first-order valence-corrected chi connectivity index (χ1v) is 9.34. The Balaban J connectivity index is 2.22. The number of benzene rings is 2. The van der Waals surface area contributed by atoms with Crippen molar-refractivity contribution in [1.29, 1.82) is 0 Å². The molecule has 134 valence electrons. The summed E-state index contributed by atoms with van der Waals surface area (Å²) in [5.74, 6) is -0.629. The standard InChI is InChI=1S/C18H21NO5S/c1-3-24-17-10-9-15(11-13(17)2)25(22,23)19-16(18(20)21)12-14-7-5-4-6-8-14/h4-11,16,19H,3,12H2,1-2H3,(H,20,21)/t16-/m1/s1. The van der Waals surface area contributed by atoms with E-state index in [1.807, 2.05) is 13.0 Å². The van der Waals surface area contributed by atoms with Gasteiger partial charge >= 0.3 is 5.97 Å². The third-order valence-corrected chi connectivity index (χ3v) is 5.10. The molecule has 0 fully saturated rings. The van der Waals surface area contributed by atoms with Crippen LogP contribution in [0.3, 0.4) is 0 Å². The summed E-state index contributed by atoms with van der Waals surface area (Å²) in [6, 6.07) is 12.1. The van der Waals surface area contributed by atoms with Crippen LogP contribution in [0.5, 0.6) is 5.75 Å². The predicted octanol–water partition coefficient (Wildman–Crippen LogP) is 2.37. The molecule has 0 saturated carbocycles. The van der Waals surface area contributed by atoms with Crippen molar-refractivity contribution in [2.45, 2.75) is 31.2 Å². The molecule has 0 saturated heterocycles. The molecule has 0 amide bonds. The Kier molecular flexibility index (Phi) is 6.17. The molecule has 0 aliphatic carbocycles. The number of carboxylic acid groups (broad SMARTS) is 1.